The summed E-state index contributed by atoms with van der Waals surface area (Å²) in [5, 5.41) is 49.0. The molecule has 4 rings (SSSR count). The van der Waals surface area contributed by atoms with Crippen LogP contribution in [0.3, 0.4) is 0 Å². The fourth-order valence-electron chi connectivity index (χ4n) is 5.91. The van der Waals surface area contributed by atoms with Crippen LogP contribution in [-0.4, -0.2) is 79.9 Å². The van der Waals surface area contributed by atoms with E-state index in [1.807, 2.05) is 20.8 Å². The standard InChI is InChI=1S/C27H34N4O8/c1-10(30-39-26(2,3)4)12-9-15(28)20(32)17-13(12)7-11-8-14-19(31(5)6)22(34)18(25(29)37)24(36)27(14,38)23(35)16(11)21(17)33/h9,11,14,19,32-33,36,38H,7-8,28H2,1-6H3,(H2,29,37)/b30-10+/t11-,14-,19+,27-/m0/s1. The van der Waals surface area contributed by atoms with Crippen LogP contribution in [0, 0.1) is 11.8 Å². The number of carbonyl (C=O) groups excluding carboxylic acids is 3. The molecular weight excluding hydrogens is 508 g/mol. The predicted octanol–water partition coefficient (Wildman–Crippen LogP) is 1.09. The van der Waals surface area contributed by atoms with Crippen molar-refractivity contribution in [3.63, 3.8) is 0 Å². The number of aliphatic hydroxyl groups is 3. The van der Waals surface area contributed by atoms with Crippen molar-refractivity contribution in [2.45, 2.75) is 57.8 Å². The normalized spacial score (nSPS) is 27.4. The van der Waals surface area contributed by atoms with E-state index < -0.39 is 69.4 Å². The van der Waals surface area contributed by atoms with E-state index in [1.165, 1.54) is 11.0 Å². The molecule has 1 saturated carbocycles. The Bertz CT molecular complexity index is 1400. The van der Waals surface area contributed by atoms with Crippen LogP contribution in [0.4, 0.5) is 5.69 Å². The monoisotopic (exact) mass is 542 g/mol. The second-order valence-electron chi connectivity index (χ2n) is 11.6. The molecule has 1 aromatic rings. The van der Waals surface area contributed by atoms with Crippen molar-refractivity contribution in [3.05, 3.63) is 39.7 Å². The van der Waals surface area contributed by atoms with E-state index in [4.69, 9.17) is 16.3 Å². The van der Waals surface area contributed by atoms with Gasteiger partial charge in [0.25, 0.3) is 5.91 Å². The Kier molecular flexibility index (Phi) is 6.56. The predicted molar refractivity (Wildman–Crippen MR) is 142 cm³/mol. The molecule has 4 atom stereocenters. The number of hydrogen-bond donors (Lipinski definition) is 6. The van der Waals surface area contributed by atoms with Gasteiger partial charge >= 0.3 is 0 Å². The lowest BCUT2D eigenvalue weighted by atomic mass is 9.57. The number of phenolic OH excluding ortho intramolecular Hbond substituents is 1. The lowest BCUT2D eigenvalue weighted by Gasteiger charge is -2.50. The first-order chi connectivity index (χ1) is 17.9. The number of anilines is 1. The van der Waals surface area contributed by atoms with Crippen molar-refractivity contribution in [1.82, 2.24) is 4.90 Å². The fourth-order valence-corrected chi connectivity index (χ4v) is 5.91. The molecule has 12 heteroatoms. The third kappa shape index (κ3) is 4.14. The molecule has 0 bridgehead atoms. The molecule has 0 heterocycles. The van der Waals surface area contributed by atoms with Crippen LogP contribution in [0.1, 0.15) is 50.8 Å². The van der Waals surface area contributed by atoms with E-state index in [2.05, 4.69) is 5.16 Å². The lowest BCUT2D eigenvalue weighted by molar-refractivity contribution is -0.153. The van der Waals surface area contributed by atoms with Crippen molar-refractivity contribution in [2.24, 2.45) is 22.7 Å². The summed E-state index contributed by atoms with van der Waals surface area (Å²) in [5.74, 6) is -7.30. The summed E-state index contributed by atoms with van der Waals surface area (Å²) in [6, 6.07) is 0.337. The molecule has 0 saturated heterocycles. The Morgan fingerprint density at radius 1 is 1.21 bits per heavy atom. The van der Waals surface area contributed by atoms with Crippen LogP contribution in [0.2, 0.25) is 0 Å². The number of aliphatic hydroxyl groups excluding tert-OH is 2. The first-order valence-corrected chi connectivity index (χ1v) is 12.5. The number of primary amides is 1. The molecule has 1 amide bonds. The SMILES string of the molecule is C/C(=N\OC(C)(C)C)c1cc(N)c(O)c2c1C[C@H]1C[C@H]3[C@@H](N(C)C)C(=O)C(C(N)=O)=C(O)[C@@]3(O)C(=O)C1=C2O. The Morgan fingerprint density at radius 2 is 1.82 bits per heavy atom. The molecule has 1 fully saturated rings. The van der Waals surface area contributed by atoms with Crippen LogP contribution in [0.25, 0.3) is 5.76 Å². The summed E-state index contributed by atoms with van der Waals surface area (Å²) in [4.78, 5) is 46.2. The summed E-state index contributed by atoms with van der Waals surface area (Å²) < 4.78 is 0. The molecule has 0 aliphatic heterocycles. The van der Waals surface area contributed by atoms with E-state index in [-0.39, 0.29) is 29.7 Å². The van der Waals surface area contributed by atoms with Gasteiger partial charge in [-0.25, -0.2) is 0 Å². The van der Waals surface area contributed by atoms with E-state index in [1.54, 1.807) is 21.0 Å². The Balaban J connectivity index is 1.96. The smallest absolute Gasteiger partial charge is 0.255 e. The number of phenols is 1. The van der Waals surface area contributed by atoms with Gasteiger partial charge in [-0.05, 0) is 72.2 Å². The third-order valence-electron chi connectivity index (χ3n) is 7.60. The molecule has 3 aliphatic carbocycles. The number of rotatable bonds is 4. The number of ketones is 2. The Labute approximate surface area is 225 Å². The van der Waals surface area contributed by atoms with Crippen molar-refractivity contribution in [1.29, 1.82) is 0 Å². The number of nitrogens with zero attached hydrogens (tertiary/aromatic N) is 2. The zero-order chi connectivity index (χ0) is 29.4. The number of Topliss-reactive ketones (excluding diaryl/α,β-unsaturated/α-hetero) is 2. The van der Waals surface area contributed by atoms with E-state index >= 15 is 0 Å². The largest absolute Gasteiger partial charge is 0.508 e. The van der Waals surface area contributed by atoms with E-state index in [0.29, 0.717) is 16.8 Å². The number of hydrogen-bond acceptors (Lipinski definition) is 11. The van der Waals surface area contributed by atoms with Crippen LogP contribution < -0.4 is 11.5 Å². The molecule has 8 N–H and O–H groups in total. The van der Waals surface area contributed by atoms with Crippen molar-refractivity contribution < 1.29 is 39.6 Å². The molecule has 0 unspecified atom stereocenters. The quantitative estimate of drug-likeness (QED) is 0.105. The van der Waals surface area contributed by atoms with Gasteiger partial charge in [0, 0.05) is 17.1 Å². The molecule has 1 aromatic carbocycles. The minimum absolute atomic E-state index is 0.0228. The molecule has 39 heavy (non-hydrogen) atoms. The van der Waals surface area contributed by atoms with Gasteiger partial charge in [0.05, 0.1) is 23.0 Å². The van der Waals surface area contributed by atoms with Crippen molar-refractivity contribution in [2.75, 3.05) is 19.8 Å². The maximum Gasteiger partial charge on any atom is 0.255 e. The van der Waals surface area contributed by atoms with Gasteiger partial charge in [0.1, 0.15) is 28.4 Å². The number of carbonyl (C=O) groups is 3. The second-order valence-corrected chi connectivity index (χ2v) is 11.6. The number of nitrogens with two attached hydrogens (primary N) is 2. The van der Waals surface area contributed by atoms with E-state index in [9.17, 15) is 34.8 Å². The van der Waals surface area contributed by atoms with E-state index in [0.717, 1.165) is 0 Å². The highest BCUT2D eigenvalue weighted by atomic mass is 16.6. The summed E-state index contributed by atoms with van der Waals surface area (Å²) in [5.41, 5.74) is 8.12. The first kappa shape index (κ1) is 28.1. The molecule has 3 aliphatic rings. The molecule has 0 spiro atoms. The van der Waals surface area contributed by atoms with Crippen LogP contribution in [-0.2, 0) is 25.6 Å². The summed E-state index contributed by atoms with van der Waals surface area (Å²) >= 11 is 0. The third-order valence-corrected chi connectivity index (χ3v) is 7.60. The average molecular weight is 543 g/mol. The zero-order valence-electron chi connectivity index (χ0n) is 22.7. The Hall–Kier alpha value is -3.90. The number of likely N-dealkylation sites (N-methyl/N-ethyl adjacent to an activating group) is 1. The van der Waals surface area contributed by atoms with Crippen molar-refractivity contribution in [3.8, 4) is 5.75 Å². The number of fused-ring (bicyclic) bond motifs is 3. The summed E-state index contributed by atoms with van der Waals surface area (Å²) in [6.07, 6.45) is 0.0884. The Morgan fingerprint density at radius 3 is 2.36 bits per heavy atom. The highest BCUT2D eigenvalue weighted by Crippen LogP contribution is 2.53. The van der Waals surface area contributed by atoms with Gasteiger partial charge in [-0.3, -0.25) is 19.3 Å². The highest BCUT2D eigenvalue weighted by molar-refractivity contribution is 6.24. The minimum atomic E-state index is -2.71. The summed E-state index contributed by atoms with van der Waals surface area (Å²) in [6.45, 7) is 7.13. The van der Waals surface area contributed by atoms with Crippen LogP contribution >= 0.6 is 0 Å². The fraction of sp³-hybridized carbons (Fsp3) is 0.481. The maximum atomic E-state index is 13.9. The summed E-state index contributed by atoms with van der Waals surface area (Å²) in [7, 11) is 3.09. The van der Waals surface area contributed by atoms with Gasteiger partial charge in [-0.15, -0.1) is 0 Å². The lowest BCUT2D eigenvalue weighted by Crippen LogP contribution is -2.65. The molecule has 0 radical (unpaired) electrons. The highest BCUT2D eigenvalue weighted by Gasteiger charge is 2.64. The topological polar surface area (TPSA) is 209 Å². The second kappa shape index (κ2) is 9.09. The van der Waals surface area contributed by atoms with Crippen LogP contribution in [0.5, 0.6) is 5.75 Å². The van der Waals surface area contributed by atoms with Crippen LogP contribution in [0.15, 0.2) is 28.1 Å². The average Bonchev–Trinajstić information content (AvgIpc) is 2.81. The number of aromatic hydroxyl groups is 1. The number of amides is 1. The minimum Gasteiger partial charge on any atom is -0.508 e. The van der Waals surface area contributed by atoms with Gasteiger partial charge in [-0.2, -0.15) is 0 Å². The van der Waals surface area contributed by atoms with Gasteiger partial charge < -0.3 is 36.7 Å². The number of nitrogen functional groups attached to an aromatic ring is 1. The zero-order valence-corrected chi connectivity index (χ0v) is 22.7. The first-order valence-electron chi connectivity index (χ1n) is 12.5. The number of benzene rings is 1. The number of oxime groups is 1. The van der Waals surface area contributed by atoms with Gasteiger partial charge in [-0.1, -0.05) is 5.16 Å². The maximum absolute atomic E-state index is 13.9. The van der Waals surface area contributed by atoms with Gasteiger partial charge in [0.2, 0.25) is 5.78 Å². The van der Waals surface area contributed by atoms with Crippen molar-refractivity contribution >= 4 is 34.6 Å². The van der Waals surface area contributed by atoms with Gasteiger partial charge in [0.15, 0.2) is 11.4 Å². The molecule has 12 nitrogen and oxygen atoms in total. The molecular formula is C27H34N4O8. The molecule has 0 aromatic heterocycles. The molecule has 210 valence electrons.